The Morgan fingerprint density at radius 1 is 1.43 bits per heavy atom. The number of hydrogen-bond donors (Lipinski definition) is 2. The fourth-order valence-corrected chi connectivity index (χ4v) is 1.53. The summed E-state index contributed by atoms with van der Waals surface area (Å²) < 4.78 is 43.2. The van der Waals surface area contributed by atoms with Crippen LogP contribution in [0.3, 0.4) is 0 Å². The van der Waals surface area contributed by atoms with Gasteiger partial charge in [-0.3, -0.25) is 4.79 Å². The lowest BCUT2D eigenvalue weighted by Crippen LogP contribution is -2.59. The van der Waals surface area contributed by atoms with Gasteiger partial charge in [0.25, 0.3) is 5.91 Å². The molecule has 3 N–H and O–H groups in total. The van der Waals surface area contributed by atoms with Crippen LogP contribution in [0.15, 0.2) is 18.2 Å². The van der Waals surface area contributed by atoms with E-state index in [0.717, 1.165) is 6.42 Å². The predicted octanol–water partition coefficient (Wildman–Crippen LogP) is 3.35. The Labute approximate surface area is 125 Å². The highest BCUT2D eigenvalue weighted by atomic mass is 35.5. The summed E-state index contributed by atoms with van der Waals surface area (Å²) in [6.45, 7) is 2.98. The molecular formula is C13H16ClF3N2O2. The highest BCUT2D eigenvalue weighted by Crippen LogP contribution is 2.31. The van der Waals surface area contributed by atoms with Gasteiger partial charge in [-0.2, -0.15) is 13.2 Å². The van der Waals surface area contributed by atoms with E-state index in [-0.39, 0.29) is 10.7 Å². The summed E-state index contributed by atoms with van der Waals surface area (Å²) in [7, 11) is 0. The van der Waals surface area contributed by atoms with Gasteiger partial charge in [0.2, 0.25) is 0 Å². The maximum absolute atomic E-state index is 12.6. The van der Waals surface area contributed by atoms with Crippen LogP contribution in [0.25, 0.3) is 0 Å². The number of amides is 1. The minimum Gasteiger partial charge on any atom is -0.492 e. The van der Waals surface area contributed by atoms with Crippen LogP contribution in [-0.4, -0.2) is 24.2 Å². The molecule has 0 saturated heterocycles. The van der Waals surface area contributed by atoms with Crippen LogP contribution in [0.5, 0.6) is 5.75 Å². The van der Waals surface area contributed by atoms with E-state index in [2.05, 4.69) is 5.32 Å². The van der Waals surface area contributed by atoms with Gasteiger partial charge in [-0.1, -0.05) is 18.5 Å². The third-order valence-electron chi connectivity index (χ3n) is 2.71. The molecule has 21 heavy (non-hydrogen) atoms. The van der Waals surface area contributed by atoms with Crippen LogP contribution < -0.4 is 15.8 Å². The zero-order valence-electron chi connectivity index (χ0n) is 11.6. The van der Waals surface area contributed by atoms with Gasteiger partial charge in [0, 0.05) is 5.69 Å². The predicted molar refractivity (Wildman–Crippen MR) is 74.5 cm³/mol. The molecule has 4 nitrogen and oxygen atoms in total. The minimum atomic E-state index is -4.86. The van der Waals surface area contributed by atoms with Crippen LogP contribution in [0, 0.1) is 0 Å². The summed E-state index contributed by atoms with van der Waals surface area (Å²) in [5.74, 6) is -0.976. The molecule has 1 atom stereocenters. The molecule has 0 bridgehead atoms. The van der Waals surface area contributed by atoms with Crippen molar-refractivity contribution in [3.63, 3.8) is 0 Å². The Morgan fingerprint density at radius 2 is 2.05 bits per heavy atom. The monoisotopic (exact) mass is 324 g/mol. The van der Waals surface area contributed by atoms with E-state index >= 15 is 0 Å². The smallest absolute Gasteiger partial charge is 0.415 e. The number of rotatable bonds is 5. The van der Waals surface area contributed by atoms with Crippen molar-refractivity contribution in [1.29, 1.82) is 0 Å². The number of nitrogens with one attached hydrogen (secondary N) is 1. The van der Waals surface area contributed by atoms with Crippen LogP contribution in [-0.2, 0) is 4.79 Å². The Morgan fingerprint density at radius 3 is 2.52 bits per heavy atom. The maximum atomic E-state index is 12.6. The van der Waals surface area contributed by atoms with Crippen molar-refractivity contribution in [1.82, 2.24) is 0 Å². The van der Waals surface area contributed by atoms with Crippen LogP contribution in [0.4, 0.5) is 18.9 Å². The van der Waals surface area contributed by atoms with Gasteiger partial charge < -0.3 is 15.8 Å². The zero-order chi connectivity index (χ0) is 16.3. The number of carbonyl (C=O) groups is 1. The van der Waals surface area contributed by atoms with E-state index in [0.29, 0.717) is 19.3 Å². The van der Waals surface area contributed by atoms with Crippen LogP contribution in [0.1, 0.15) is 20.3 Å². The average Bonchev–Trinajstić information content (AvgIpc) is 2.36. The lowest BCUT2D eigenvalue weighted by molar-refractivity contribution is -0.184. The molecule has 1 amide bonds. The van der Waals surface area contributed by atoms with Crippen LogP contribution in [0.2, 0.25) is 5.02 Å². The van der Waals surface area contributed by atoms with Gasteiger partial charge in [0.1, 0.15) is 5.75 Å². The summed E-state index contributed by atoms with van der Waals surface area (Å²) in [6, 6.07) is 4.16. The van der Waals surface area contributed by atoms with E-state index < -0.39 is 17.6 Å². The molecule has 8 heteroatoms. The number of anilines is 1. The highest BCUT2D eigenvalue weighted by molar-refractivity contribution is 6.32. The molecule has 0 heterocycles. The Kier molecular flexibility index (Phi) is 5.47. The largest absolute Gasteiger partial charge is 0.492 e. The molecule has 0 aromatic heterocycles. The molecular weight excluding hydrogens is 309 g/mol. The van der Waals surface area contributed by atoms with Gasteiger partial charge in [0.15, 0.2) is 5.54 Å². The van der Waals surface area contributed by atoms with E-state index in [1.165, 1.54) is 18.2 Å². The number of halogens is 4. The lowest BCUT2D eigenvalue weighted by Gasteiger charge is -2.26. The quantitative estimate of drug-likeness (QED) is 0.873. The van der Waals surface area contributed by atoms with Gasteiger partial charge in [-0.05, 0) is 31.5 Å². The number of hydrogen-bond acceptors (Lipinski definition) is 3. The topological polar surface area (TPSA) is 64.3 Å². The fraction of sp³-hybridized carbons (Fsp3) is 0.462. The SMILES string of the molecule is CCCOc1ccc(NC(=O)C(C)(N)C(F)(F)F)cc1Cl. The van der Waals surface area contributed by atoms with Gasteiger partial charge in [0.05, 0.1) is 11.6 Å². The summed E-state index contributed by atoms with van der Waals surface area (Å²) in [5.41, 5.74) is 2.14. The van der Waals surface area contributed by atoms with Gasteiger partial charge in [-0.15, -0.1) is 0 Å². The van der Waals surface area contributed by atoms with Crippen molar-refractivity contribution < 1.29 is 22.7 Å². The van der Waals surface area contributed by atoms with Crippen molar-refractivity contribution >= 4 is 23.2 Å². The molecule has 1 unspecified atom stereocenters. The molecule has 0 aliphatic carbocycles. The standard InChI is InChI=1S/C13H16ClF3N2O2/c1-3-6-21-10-5-4-8(7-9(10)14)19-11(20)12(2,18)13(15,16)17/h4-5,7H,3,6,18H2,1-2H3,(H,19,20). The fourth-order valence-electron chi connectivity index (χ4n) is 1.30. The van der Waals surface area contributed by atoms with Crippen molar-refractivity contribution in [3.05, 3.63) is 23.2 Å². The first kappa shape index (κ1) is 17.6. The normalized spacial score (nSPS) is 14.4. The van der Waals surface area contributed by atoms with Crippen LogP contribution >= 0.6 is 11.6 Å². The maximum Gasteiger partial charge on any atom is 0.415 e. The van der Waals surface area contributed by atoms with Crippen molar-refractivity contribution in [2.45, 2.75) is 32.0 Å². The average molecular weight is 325 g/mol. The van der Waals surface area contributed by atoms with E-state index in [4.69, 9.17) is 22.1 Å². The molecule has 1 rings (SSSR count). The Balaban J connectivity index is 2.85. The molecule has 0 aliphatic heterocycles. The molecule has 0 saturated carbocycles. The second kappa shape index (κ2) is 6.53. The number of benzene rings is 1. The Hall–Kier alpha value is -1.47. The number of ether oxygens (including phenoxy) is 1. The second-order valence-electron chi connectivity index (χ2n) is 4.65. The zero-order valence-corrected chi connectivity index (χ0v) is 12.3. The lowest BCUT2D eigenvalue weighted by atomic mass is 10.0. The molecule has 1 aromatic carbocycles. The first-order chi connectivity index (χ1) is 9.59. The number of nitrogens with two attached hydrogens (primary N) is 1. The summed E-state index contributed by atoms with van der Waals surface area (Å²) in [4.78, 5) is 11.6. The molecule has 118 valence electrons. The molecule has 0 fully saturated rings. The summed E-state index contributed by atoms with van der Waals surface area (Å²) in [5, 5.41) is 2.28. The van der Waals surface area contributed by atoms with Crippen molar-refractivity contribution in [3.8, 4) is 5.75 Å². The molecule has 0 spiro atoms. The Bertz CT molecular complexity index is 519. The molecule has 0 aliphatic rings. The van der Waals surface area contributed by atoms with Crippen molar-refractivity contribution in [2.24, 2.45) is 5.73 Å². The first-order valence-electron chi connectivity index (χ1n) is 6.19. The van der Waals surface area contributed by atoms with Crippen molar-refractivity contribution in [2.75, 3.05) is 11.9 Å². The van der Waals surface area contributed by atoms with E-state index in [9.17, 15) is 18.0 Å². The second-order valence-corrected chi connectivity index (χ2v) is 5.06. The van der Waals surface area contributed by atoms with E-state index in [1.807, 2.05) is 6.92 Å². The molecule has 1 aromatic rings. The molecule has 0 radical (unpaired) electrons. The minimum absolute atomic E-state index is 0.106. The van der Waals surface area contributed by atoms with Gasteiger partial charge >= 0.3 is 6.18 Å². The number of carbonyl (C=O) groups excluding carboxylic acids is 1. The van der Waals surface area contributed by atoms with E-state index in [1.54, 1.807) is 0 Å². The van der Waals surface area contributed by atoms with Gasteiger partial charge in [-0.25, -0.2) is 0 Å². The first-order valence-corrected chi connectivity index (χ1v) is 6.56. The third kappa shape index (κ3) is 4.25. The highest BCUT2D eigenvalue weighted by Gasteiger charge is 2.53. The number of alkyl halides is 3. The summed E-state index contributed by atoms with van der Waals surface area (Å²) >= 11 is 5.92. The third-order valence-corrected chi connectivity index (χ3v) is 3.01. The summed E-state index contributed by atoms with van der Waals surface area (Å²) in [6.07, 6.45) is -4.07.